The Morgan fingerprint density at radius 1 is 1.70 bits per heavy atom. The van der Waals surface area contributed by atoms with Crippen LogP contribution in [0.4, 0.5) is 0 Å². The van der Waals surface area contributed by atoms with E-state index in [1.54, 1.807) is 5.94 Å². The average Bonchev–Trinajstić information content (AvgIpc) is 2.04. The number of hydrogen-bond acceptors (Lipinski definition) is 3. The van der Waals surface area contributed by atoms with E-state index in [4.69, 9.17) is 10.00 Å². The van der Waals surface area contributed by atoms with Crippen LogP contribution in [0, 0.1) is 17.2 Å². The van der Waals surface area contributed by atoms with Crippen LogP contribution < -0.4 is 0 Å². The summed E-state index contributed by atoms with van der Waals surface area (Å²) in [6, 6.07) is 1.98. The van der Waals surface area contributed by atoms with Crippen molar-refractivity contribution in [2.45, 2.75) is 6.42 Å². The molecule has 0 aliphatic carbocycles. The van der Waals surface area contributed by atoms with Gasteiger partial charge in [-0.25, -0.2) is 4.79 Å². The van der Waals surface area contributed by atoms with Crippen LogP contribution in [0.5, 0.6) is 0 Å². The molecule has 0 amide bonds. The molecule has 0 aromatic heterocycles. The van der Waals surface area contributed by atoms with Gasteiger partial charge in [0.1, 0.15) is 11.9 Å². The van der Waals surface area contributed by atoms with Crippen LogP contribution in [0.25, 0.3) is 0 Å². The molecule has 0 spiro atoms. The van der Waals surface area contributed by atoms with Gasteiger partial charge in [-0.3, -0.25) is 0 Å². The molecule has 0 aromatic carbocycles. The van der Waals surface area contributed by atoms with Crippen LogP contribution in [0.3, 0.4) is 0 Å². The summed E-state index contributed by atoms with van der Waals surface area (Å²) in [6.45, 7) is 0.893. The molecule has 0 aromatic rings. The maximum atomic E-state index is 10.2. The third-order valence-electron chi connectivity index (χ3n) is 1.51. The van der Waals surface area contributed by atoms with Gasteiger partial charge < -0.3 is 4.74 Å². The third kappa shape index (κ3) is 1.24. The fourth-order valence-corrected chi connectivity index (χ4v) is 0.895. The molecular weight excluding hydrogens is 130 g/mol. The van der Waals surface area contributed by atoms with Gasteiger partial charge in [0.2, 0.25) is 0 Å². The lowest BCUT2D eigenvalue weighted by Crippen LogP contribution is -2.18. The summed E-state index contributed by atoms with van der Waals surface area (Å²) in [4.78, 5) is 10.2. The maximum absolute atomic E-state index is 10.2. The summed E-state index contributed by atoms with van der Waals surface area (Å²) in [5.41, 5.74) is 0.550. The van der Waals surface area contributed by atoms with Crippen LogP contribution in [-0.4, -0.2) is 19.2 Å². The molecule has 1 unspecified atom stereocenters. The number of nitrogens with zero attached hydrogens (tertiary/aromatic N) is 1. The average molecular weight is 137 g/mol. The van der Waals surface area contributed by atoms with E-state index in [-0.39, 0.29) is 5.92 Å². The van der Waals surface area contributed by atoms with Gasteiger partial charge in [0, 0.05) is 12.0 Å². The zero-order chi connectivity index (χ0) is 7.40. The van der Waals surface area contributed by atoms with Crippen molar-refractivity contribution >= 4 is 5.94 Å². The Morgan fingerprint density at radius 3 is 3.00 bits per heavy atom. The van der Waals surface area contributed by atoms with E-state index in [9.17, 15) is 4.79 Å². The second-order valence-electron chi connectivity index (χ2n) is 2.13. The lowest BCUT2D eigenvalue weighted by atomic mass is 9.98. The van der Waals surface area contributed by atoms with Gasteiger partial charge >= 0.3 is 0 Å². The lowest BCUT2D eigenvalue weighted by Gasteiger charge is -2.16. The Bertz CT molecular complexity index is 210. The van der Waals surface area contributed by atoms with E-state index in [1.165, 1.54) is 0 Å². The van der Waals surface area contributed by atoms with E-state index in [1.807, 2.05) is 6.07 Å². The Morgan fingerprint density at radius 2 is 2.50 bits per heavy atom. The molecule has 0 radical (unpaired) electrons. The molecule has 1 heterocycles. The van der Waals surface area contributed by atoms with Gasteiger partial charge in [-0.1, -0.05) is 0 Å². The minimum absolute atomic E-state index is 0.348. The SMILES string of the molecule is N#CC1COCCC1=C=O. The molecule has 1 atom stereocenters. The van der Waals surface area contributed by atoms with Gasteiger partial charge in [0.15, 0.2) is 0 Å². The van der Waals surface area contributed by atoms with Crippen molar-refractivity contribution in [3.05, 3.63) is 5.57 Å². The highest BCUT2D eigenvalue weighted by molar-refractivity contribution is 5.54. The van der Waals surface area contributed by atoms with Crippen molar-refractivity contribution in [2.75, 3.05) is 13.2 Å². The molecule has 1 saturated heterocycles. The molecular formula is C7H7NO2. The molecule has 3 nitrogen and oxygen atoms in total. The number of rotatable bonds is 0. The van der Waals surface area contributed by atoms with Crippen molar-refractivity contribution in [2.24, 2.45) is 5.92 Å². The summed E-state index contributed by atoms with van der Waals surface area (Å²) < 4.78 is 4.98. The first-order valence-electron chi connectivity index (χ1n) is 3.09. The van der Waals surface area contributed by atoms with E-state index in [2.05, 4.69) is 0 Å². The Kier molecular flexibility index (Phi) is 2.22. The minimum atomic E-state index is -0.355. The predicted molar refractivity (Wildman–Crippen MR) is 33.7 cm³/mol. The number of carbonyl (C=O) groups excluding carboxylic acids is 1. The smallest absolute Gasteiger partial charge is 0.125 e. The van der Waals surface area contributed by atoms with Crippen molar-refractivity contribution in [3.8, 4) is 6.07 Å². The highest BCUT2D eigenvalue weighted by atomic mass is 16.5. The van der Waals surface area contributed by atoms with E-state index < -0.39 is 0 Å². The van der Waals surface area contributed by atoms with Crippen LogP contribution in [0.1, 0.15) is 6.42 Å². The first-order valence-corrected chi connectivity index (χ1v) is 3.09. The quantitative estimate of drug-likeness (QED) is 0.451. The molecule has 10 heavy (non-hydrogen) atoms. The Balaban J connectivity index is 2.71. The molecule has 1 aliphatic heterocycles. The molecule has 3 heteroatoms. The normalized spacial score (nSPS) is 25.1. The summed E-state index contributed by atoms with van der Waals surface area (Å²) in [5, 5.41) is 8.46. The van der Waals surface area contributed by atoms with E-state index >= 15 is 0 Å². The number of ether oxygens (including phenoxy) is 1. The predicted octanol–water partition coefficient (Wildman–Crippen LogP) is 0.304. The highest BCUT2D eigenvalue weighted by Crippen LogP contribution is 2.16. The molecule has 0 saturated carbocycles. The van der Waals surface area contributed by atoms with Crippen molar-refractivity contribution in [1.82, 2.24) is 0 Å². The molecule has 1 aliphatic rings. The monoisotopic (exact) mass is 137 g/mol. The maximum Gasteiger partial charge on any atom is 0.125 e. The fourth-order valence-electron chi connectivity index (χ4n) is 0.895. The van der Waals surface area contributed by atoms with Crippen molar-refractivity contribution in [1.29, 1.82) is 5.26 Å². The Labute approximate surface area is 58.9 Å². The first kappa shape index (κ1) is 7.01. The molecule has 52 valence electrons. The lowest BCUT2D eigenvalue weighted by molar-refractivity contribution is 0.101. The molecule has 0 bridgehead atoms. The summed E-state index contributed by atoms with van der Waals surface area (Å²) >= 11 is 0. The van der Waals surface area contributed by atoms with Gasteiger partial charge in [0.05, 0.1) is 19.3 Å². The van der Waals surface area contributed by atoms with Gasteiger partial charge in [-0.05, 0) is 0 Å². The molecule has 1 rings (SSSR count). The Hall–Kier alpha value is -1.10. The van der Waals surface area contributed by atoms with Crippen LogP contribution in [0.15, 0.2) is 5.57 Å². The van der Waals surface area contributed by atoms with Gasteiger partial charge in [-0.2, -0.15) is 5.26 Å². The summed E-state index contributed by atoms with van der Waals surface area (Å²) in [7, 11) is 0. The molecule has 1 fully saturated rings. The van der Waals surface area contributed by atoms with E-state index in [0.29, 0.717) is 25.2 Å². The second-order valence-corrected chi connectivity index (χ2v) is 2.13. The highest BCUT2D eigenvalue weighted by Gasteiger charge is 2.19. The van der Waals surface area contributed by atoms with Crippen LogP contribution >= 0.6 is 0 Å². The van der Waals surface area contributed by atoms with Crippen molar-refractivity contribution in [3.63, 3.8) is 0 Å². The van der Waals surface area contributed by atoms with Gasteiger partial charge in [0.25, 0.3) is 0 Å². The zero-order valence-corrected chi connectivity index (χ0v) is 5.46. The zero-order valence-electron chi connectivity index (χ0n) is 5.46. The third-order valence-corrected chi connectivity index (χ3v) is 1.51. The van der Waals surface area contributed by atoms with Crippen LogP contribution in [-0.2, 0) is 9.53 Å². The standard InChI is InChI=1S/C7H7NO2/c8-3-7-5-10-2-1-6(7)4-9/h7H,1-2,5H2. The fraction of sp³-hybridized carbons (Fsp3) is 0.571. The number of nitriles is 1. The summed E-state index contributed by atoms with van der Waals surface area (Å²) in [6.07, 6.45) is 0.557. The number of hydrogen-bond donors (Lipinski definition) is 0. The van der Waals surface area contributed by atoms with E-state index in [0.717, 1.165) is 0 Å². The summed E-state index contributed by atoms with van der Waals surface area (Å²) in [5.74, 6) is 1.41. The second kappa shape index (κ2) is 3.17. The van der Waals surface area contributed by atoms with Crippen LogP contribution in [0.2, 0.25) is 0 Å². The first-order chi connectivity index (χ1) is 4.88. The topological polar surface area (TPSA) is 50.1 Å². The minimum Gasteiger partial charge on any atom is -0.379 e. The molecule has 0 N–H and O–H groups in total. The largest absolute Gasteiger partial charge is 0.379 e. The van der Waals surface area contributed by atoms with Crippen molar-refractivity contribution < 1.29 is 9.53 Å². The van der Waals surface area contributed by atoms with Gasteiger partial charge in [-0.15, -0.1) is 0 Å².